The van der Waals surface area contributed by atoms with E-state index in [0.29, 0.717) is 36.8 Å². The van der Waals surface area contributed by atoms with Crippen LogP contribution in [0.3, 0.4) is 0 Å². The van der Waals surface area contributed by atoms with Crippen molar-refractivity contribution in [2.45, 2.75) is 17.9 Å². The maximum absolute atomic E-state index is 12.5. The minimum absolute atomic E-state index is 0.130. The molecule has 9 heteroatoms. The molecule has 0 aliphatic carbocycles. The van der Waals surface area contributed by atoms with Gasteiger partial charge in [0.25, 0.3) is 5.91 Å². The summed E-state index contributed by atoms with van der Waals surface area (Å²) in [5, 5.41) is 2.76. The largest absolute Gasteiger partial charge is 0.493 e. The molecule has 0 radical (unpaired) electrons. The maximum atomic E-state index is 12.5. The number of rotatable bonds is 12. The highest BCUT2D eigenvalue weighted by Gasteiger charge is 2.14. The van der Waals surface area contributed by atoms with Gasteiger partial charge in [-0.15, -0.1) is 0 Å². The summed E-state index contributed by atoms with van der Waals surface area (Å²) in [4.78, 5) is 12.3. The zero-order chi connectivity index (χ0) is 24.4. The van der Waals surface area contributed by atoms with Crippen LogP contribution in [0.15, 0.2) is 77.7 Å². The second kappa shape index (κ2) is 12.1. The van der Waals surface area contributed by atoms with Crippen molar-refractivity contribution in [1.29, 1.82) is 0 Å². The Morgan fingerprint density at radius 1 is 0.853 bits per heavy atom. The third-order valence-electron chi connectivity index (χ3n) is 4.99. The zero-order valence-electron chi connectivity index (χ0n) is 19.1. The molecule has 0 atom stereocenters. The summed E-state index contributed by atoms with van der Waals surface area (Å²) in [5.74, 6) is 1.27. The van der Waals surface area contributed by atoms with Gasteiger partial charge in [0.15, 0.2) is 18.1 Å². The van der Waals surface area contributed by atoms with E-state index in [4.69, 9.17) is 14.2 Å². The van der Waals surface area contributed by atoms with Crippen LogP contribution in [-0.2, 0) is 27.8 Å². The van der Waals surface area contributed by atoms with Gasteiger partial charge in [-0.25, -0.2) is 13.1 Å². The van der Waals surface area contributed by atoms with Crippen LogP contribution >= 0.6 is 0 Å². The van der Waals surface area contributed by atoms with Gasteiger partial charge in [-0.3, -0.25) is 4.79 Å². The lowest BCUT2D eigenvalue weighted by Crippen LogP contribution is -2.28. The number of methoxy groups -OCH3 is 2. The fourth-order valence-corrected chi connectivity index (χ4v) is 4.20. The predicted octanol–water partition coefficient (Wildman–Crippen LogP) is 2.92. The average Bonchev–Trinajstić information content (AvgIpc) is 2.86. The number of ether oxygens (including phenoxy) is 3. The first-order valence-corrected chi connectivity index (χ1v) is 12.1. The van der Waals surface area contributed by atoms with E-state index in [0.717, 1.165) is 11.1 Å². The summed E-state index contributed by atoms with van der Waals surface area (Å²) < 4.78 is 43.5. The minimum Gasteiger partial charge on any atom is -0.493 e. The van der Waals surface area contributed by atoms with E-state index >= 15 is 0 Å². The highest BCUT2D eigenvalue weighted by atomic mass is 32.2. The molecular weight excluding hydrogens is 456 g/mol. The van der Waals surface area contributed by atoms with Gasteiger partial charge in [0.1, 0.15) is 5.75 Å². The monoisotopic (exact) mass is 484 g/mol. The molecule has 0 bridgehead atoms. The Morgan fingerprint density at radius 3 is 2.24 bits per heavy atom. The summed E-state index contributed by atoms with van der Waals surface area (Å²) in [7, 11) is -0.529. The van der Waals surface area contributed by atoms with Gasteiger partial charge >= 0.3 is 0 Å². The minimum atomic E-state index is -3.63. The second-order valence-electron chi connectivity index (χ2n) is 7.36. The molecule has 0 aromatic heterocycles. The maximum Gasteiger partial charge on any atom is 0.258 e. The molecule has 0 fully saturated rings. The van der Waals surface area contributed by atoms with Crippen LogP contribution in [0.1, 0.15) is 11.1 Å². The number of benzene rings is 3. The normalized spacial score (nSPS) is 11.0. The van der Waals surface area contributed by atoms with Crippen molar-refractivity contribution in [2.24, 2.45) is 0 Å². The Kier molecular flexibility index (Phi) is 8.89. The number of hydrogen-bond acceptors (Lipinski definition) is 6. The van der Waals surface area contributed by atoms with Crippen LogP contribution in [-0.4, -0.2) is 41.7 Å². The first-order valence-electron chi connectivity index (χ1n) is 10.7. The van der Waals surface area contributed by atoms with Crippen LogP contribution in [0.5, 0.6) is 17.2 Å². The summed E-state index contributed by atoms with van der Waals surface area (Å²) in [6.45, 7) is 0.397. The summed E-state index contributed by atoms with van der Waals surface area (Å²) in [5.41, 5.74) is 1.90. The number of nitrogens with one attached hydrogen (secondary N) is 2. The molecule has 0 aliphatic heterocycles. The summed E-state index contributed by atoms with van der Waals surface area (Å²) >= 11 is 0. The molecule has 3 rings (SSSR count). The van der Waals surface area contributed by atoms with Crippen LogP contribution in [0.25, 0.3) is 0 Å². The van der Waals surface area contributed by atoms with E-state index in [-0.39, 0.29) is 17.4 Å². The highest BCUT2D eigenvalue weighted by molar-refractivity contribution is 7.89. The van der Waals surface area contributed by atoms with E-state index in [1.54, 1.807) is 26.4 Å². The van der Waals surface area contributed by atoms with Crippen LogP contribution < -0.4 is 24.2 Å². The number of hydrogen-bond donors (Lipinski definition) is 2. The lowest BCUT2D eigenvalue weighted by atomic mass is 10.2. The molecule has 0 aliphatic rings. The van der Waals surface area contributed by atoms with Crippen LogP contribution in [0.4, 0.5) is 0 Å². The van der Waals surface area contributed by atoms with E-state index in [1.165, 1.54) is 24.3 Å². The molecule has 3 aromatic carbocycles. The lowest BCUT2D eigenvalue weighted by Gasteiger charge is -2.11. The molecule has 180 valence electrons. The molecular formula is C25H28N2O6S. The van der Waals surface area contributed by atoms with Crippen molar-refractivity contribution in [2.75, 3.05) is 27.4 Å². The average molecular weight is 485 g/mol. The van der Waals surface area contributed by atoms with Crippen LogP contribution in [0, 0.1) is 0 Å². The van der Waals surface area contributed by atoms with Gasteiger partial charge in [0, 0.05) is 13.1 Å². The van der Waals surface area contributed by atoms with Crippen molar-refractivity contribution >= 4 is 15.9 Å². The van der Waals surface area contributed by atoms with Crippen molar-refractivity contribution < 1.29 is 27.4 Å². The molecule has 1 amide bonds. The summed E-state index contributed by atoms with van der Waals surface area (Å²) in [6, 6.07) is 21.0. The third kappa shape index (κ3) is 7.23. The van der Waals surface area contributed by atoms with Gasteiger partial charge in [0.2, 0.25) is 10.0 Å². The van der Waals surface area contributed by atoms with E-state index in [9.17, 15) is 13.2 Å². The Hall–Kier alpha value is -3.56. The number of amides is 1. The molecule has 2 N–H and O–H groups in total. The molecule has 0 saturated carbocycles. The molecule has 0 spiro atoms. The standard InChI is InChI=1S/C25H28N2O6S/c1-31-23-13-8-20(16-24(23)32-2)17-26-25(28)18-33-21-9-11-22(12-10-21)34(29,30)27-15-14-19-6-4-3-5-7-19/h3-13,16,27H,14-15,17-18H2,1-2H3,(H,26,28). The van der Waals surface area contributed by atoms with Crippen molar-refractivity contribution in [3.63, 3.8) is 0 Å². The number of sulfonamides is 1. The topological polar surface area (TPSA) is 103 Å². The molecule has 3 aromatic rings. The second-order valence-corrected chi connectivity index (χ2v) is 9.13. The summed E-state index contributed by atoms with van der Waals surface area (Å²) in [6.07, 6.45) is 0.597. The van der Waals surface area contributed by atoms with Crippen molar-refractivity contribution in [1.82, 2.24) is 10.0 Å². The molecule has 0 heterocycles. The van der Waals surface area contributed by atoms with Crippen LogP contribution in [0.2, 0.25) is 0 Å². The van der Waals surface area contributed by atoms with E-state index in [1.807, 2.05) is 36.4 Å². The SMILES string of the molecule is COc1ccc(CNC(=O)COc2ccc(S(=O)(=O)NCCc3ccccc3)cc2)cc1OC. The first-order chi connectivity index (χ1) is 16.4. The van der Waals surface area contributed by atoms with Gasteiger partial charge in [-0.1, -0.05) is 36.4 Å². The molecule has 34 heavy (non-hydrogen) atoms. The highest BCUT2D eigenvalue weighted by Crippen LogP contribution is 2.27. The fourth-order valence-electron chi connectivity index (χ4n) is 3.16. The Balaban J connectivity index is 1.45. The third-order valence-corrected chi connectivity index (χ3v) is 6.47. The Bertz CT molecular complexity index is 1180. The molecule has 0 unspecified atom stereocenters. The van der Waals surface area contributed by atoms with Gasteiger partial charge in [-0.2, -0.15) is 0 Å². The number of carbonyl (C=O) groups excluding carboxylic acids is 1. The van der Waals surface area contributed by atoms with Gasteiger partial charge < -0.3 is 19.5 Å². The number of carbonyl (C=O) groups is 1. The molecule has 8 nitrogen and oxygen atoms in total. The lowest BCUT2D eigenvalue weighted by molar-refractivity contribution is -0.123. The van der Waals surface area contributed by atoms with E-state index in [2.05, 4.69) is 10.0 Å². The van der Waals surface area contributed by atoms with Gasteiger partial charge in [0.05, 0.1) is 19.1 Å². The fraction of sp³-hybridized carbons (Fsp3) is 0.240. The Morgan fingerprint density at radius 2 is 1.56 bits per heavy atom. The van der Waals surface area contributed by atoms with Gasteiger partial charge in [-0.05, 0) is 53.9 Å². The first kappa shape index (κ1) is 25.1. The smallest absolute Gasteiger partial charge is 0.258 e. The van der Waals surface area contributed by atoms with Crippen molar-refractivity contribution in [3.8, 4) is 17.2 Å². The quantitative estimate of drug-likeness (QED) is 0.410. The Labute approximate surface area is 199 Å². The van der Waals surface area contributed by atoms with E-state index < -0.39 is 10.0 Å². The zero-order valence-corrected chi connectivity index (χ0v) is 19.9. The van der Waals surface area contributed by atoms with Crippen molar-refractivity contribution in [3.05, 3.63) is 83.9 Å². The molecule has 0 saturated heterocycles. The predicted molar refractivity (Wildman–Crippen MR) is 129 cm³/mol.